The Kier molecular flexibility index (Phi) is 1.36. The molecule has 4 rings (SSSR count). The van der Waals surface area contributed by atoms with Gasteiger partial charge in [-0.15, -0.1) is 4.14 Å². The maximum Gasteiger partial charge on any atom is 0.0479 e. The molecule has 11 heavy (non-hydrogen) atoms. The fraction of sp³-hybridized carbons (Fsp3) is 1.00. The minimum atomic E-state index is 0.941. The third-order valence-corrected chi connectivity index (χ3v) is 3.91. The highest BCUT2D eigenvalue weighted by atomic mass is 79.9. The number of halogens is 1. The van der Waals surface area contributed by atoms with Gasteiger partial charge in [0.1, 0.15) is 0 Å². The average molecular weight is 218 g/mol. The van der Waals surface area contributed by atoms with Crippen molar-refractivity contribution in [2.24, 2.45) is 11.8 Å². The zero-order valence-electron chi connectivity index (χ0n) is 6.41. The van der Waals surface area contributed by atoms with Crippen LogP contribution in [0.15, 0.2) is 0 Å². The molecule has 4 fully saturated rings. The summed E-state index contributed by atoms with van der Waals surface area (Å²) in [4.78, 5) is 0. The maximum atomic E-state index is 3.56. The molecule has 4 bridgehead atoms. The maximum absolute atomic E-state index is 3.56. The van der Waals surface area contributed by atoms with E-state index in [0.717, 1.165) is 11.8 Å². The summed E-state index contributed by atoms with van der Waals surface area (Å²) >= 11 is 3.56. The zero-order valence-corrected chi connectivity index (χ0v) is 8.00. The number of piperidine rings is 2. The van der Waals surface area contributed by atoms with Crippen LogP contribution in [-0.2, 0) is 0 Å². The van der Waals surface area contributed by atoms with Gasteiger partial charge in [-0.25, -0.2) is 10.0 Å². The number of hydrogen-bond acceptors (Lipinski definition) is 3. The van der Waals surface area contributed by atoms with Crippen LogP contribution in [0.4, 0.5) is 0 Å². The first-order chi connectivity index (χ1) is 5.33. The van der Waals surface area contributed by atoms with Crippen molar-refractivity contribution in [1.82, 2.24) is 14.2 Å². The standard InChI is InChI=1S/C7H12BrN3/c8-11-9-2-6-1-7(4-9)5-10(11)3-6/h6-7H,1-5H2. The van der Waals surface area contributed by atoms with Crippen LogP contribution in [0.25, 0.3) is 0 Å². The van der Waals surface area contributed by atoms with Crippen molar-refractivity contribution in [3.63, 3.8) is 0 Å². The number of nitrogens with zero attached hydrogens (tertiary/aromatic N) is 3. The predicted molar refractivity (Wildman–Crippen MR) is 45.5 cm³/mol. The van der Waals surface area contributed by atoms with Gasteiger partial charge in [0.25, 0.3) is 0 Å². The van der Waals surface area contributed by atoms with Crippen LogP contribution in [0.1, 0.15) is 6.42 Å². The molecule has 0 amide bonds. The molecule has 0 radical (unpaired) electrons. The Hall–Kier alpha value is 0.360. The molecule has 0 N–H and O–H groups in total. The van der Waals surface area contributed by atoms with Gasteiger partial charge in [-0.3, -0.25) is 0 Å². The van der Waals surface area contributed by atoms with Crippen molar-refractivity contribution >= 4 is 16.1 Å². The minimum Gasteiger partial charge on any atom is -0.217 e. The molecule has 3 nitrogen and oxygen atoms in total. The van der Waals surface area contributed by atoms with E-state index in [1.807, 2.05) is 0 Å². The summed E-state index contributed by atoms with van der Waals surface area (Å²) < 4.78 is 2.14. The van der Waals surface area contributed by atoms with Crippen LogP contribution in [0, 0.1) is 11.8 Å². The quantitative estimate of drug-likeness (QED) is 0.554. The zero-order chi connectivity index (χ0) is 7.42. The minimum absolute atomic E-state index is 0.941. The van der Waals surface area contributed by atoms with Crippen molar-refractivity contribution < 1.29 is 0 Å². The van der Waals surface area contributed by atoms with Crippen LogP contribution in [0.2, 0.25) is 0 Å². The van der Waals surface area contributed by atoms with E-state index in [4.69, 9.17) is 0 Å². The summed E-state index contributed by atoms with van der Waals surface area (Å²) in [5, 5.41) is 4.82. The van der Waals surface area contributed by atoms with Crippen LogP contribution >= 0.6 is 16.1 Å². The lowest BCUT2D eigenvalue weighted by Gasteiger charge is -2.56. The Bertz CT molecular complexity index is 157. The van der Waals surface area contributed by atoms with Crippen LogP contribution in [0.3, 0.4) is 0 Å². The Morgan fingerprint density at radius 3 is 1.82 bits per heavy atom. The van der Waals surface area contributed by atoms with E-state index < -0.39 is 0 Å². The summed E-state index contributed by atoms with van der Waals surface area (Å²) in [5.41, 5.74) is 0. The molecule has 0 atom stereocenters. The number of hydrogen-bond donors (Lipinski definition) is 0. The second-order valence-electron chi connectivity index (χ2n) is 3.95. The Morgan fingerprint density at radius 1 is 0.909 bits per heavy atom. The molecular formula is C7H12BrN3. The van der Waals surface area contributed by atoms with E-state index in [2.05, 4.69) is 30.3 Å². The van der Waals surface area contributed by atoms with Gasteiger partial charge >= 0.3 is 0 Å². The summed E-state index contributed by atoms with van der Waals surface area (Å²) in [6.45, 7) is 5.05. The molecule has 4 heteroatoms. The summed E-state index contributed by atoms with van der Waals surface area (Å²) in [6, 6.07) is 0. The molecule has 4 aliphatic rings. The Labute approximate surface area is 75.2 Å². The highest BCUT2D eigenvalue weighted by Gasteiger charge is 2.43. The fourth-order valence-electron chi connectivity index (χ4n) is 2.67. The van der Waals surface area contributed by atoms with E-state index in [9.17, 15) is 0 Å². The van der Waals surface area contributed by atoms with Crippen molar-refractivity contribution in [3.8, 4) is 0 Å². The van der Waals surface area contributed by atoms with Crippen LogP contribution in [0.5, 0.6) is 0 Å². The summed E-state index contributed by atoms with van der Waals surface area (Å²) in [6.07, 6.45) is 1.47. The van der Waals surface area contributed by atoms with Gasteiger partial charge in [-0.2, -0.15) is 0 Å². The van der Waals surface area contributed by atoms with E-state index in [0.29, 0.717) is 0 Å². The third kappa shape index (κ3) is 0.900. The highest BCUT2D eigenvalue weighted by Crippen LogP contribution is 2.37. The van der Waals surface area contributed by atoms with Crippen molar-refractivity contribution in [2.75, 3.05) is 26.2 Å². The van der Waals surface area contributed by atoms with Gasteiger partial charge in [0.05, 0.1) is 0 Å². The van der Waals surface area contributed by atoms with E-state index in [1.54, 1.807) is 0 Å². The van der Waals surface area contributed by atoms with E-state index in [-0.39, 0.29) is 0 Å². The normalized spacial score (nSPS) is 55.4. The summed E-state index contributed by atoms with van der Waals surface area (Å²) in [7, 11) is 0. The fourth-order valence-corrected chi connectivity index (χ4v) is 3.19. The van der Waals surface area contributed by atoms with Crippen LogP contribution < -0.4 is 0 Å². The van der Waals surface area contributed by atoms with Crippen molar-refractivity contribution in [2.45, 2.75) is 6.42 Å². The highest BCUT2D eigenvalue weighted by molar-refractivity contribution is 9.07. The second kappa shape index (κ2) is 2.19. The monoisotopic (exact) mass is 217 g/mol. The number of hydrazine groups is 2. The molecule has 62 valence electrons. The first kappa shape index (κ1) is 6.83. The molecule has 4 saturated heterocycles. The van der Waals surface area contributed by atoms with Crippen molar-refractivity contribution in [3.05, 3.63) is 0 Å². The average Bonchev–Trinajstić information content (AvgIpc) is 1.98. The van der Waals surface area contributed by atoms with E-state index >= 15 is 0 Å². The topological polar surface area (TPSA) is 9.72 Å². The van der Waals surface area contributed by atoms with Crippen molar-refractivity contribution in [1.29, 1.82) is 0 Å². The lowest BCUT2D eigenvalue weighted by molar-refractivity contribution is -0.220. The van der Waals surface area contributed by atoms with Gasteiger partial charge in [0, 0.05) is 42.3 Å². The van der Waals surface area contributed by atoms with Gasteiger partial charge < -0.3 is 0 Å². The van der Waals surface area contributed by atoms with Crippen LogP contribution in [-0.4, -0.2) is 40.3 Å². The molecule has 0 aromatic rings. The van der Waals surface area contributed by atoms with Gasteiger partial charge in [0.15, 0.2) is 0 Å². The smallest absolute Gasteiger partial charge is 0.0479 e. The lowest BCUT2D eigenvalue weighted by atomic mass is 9.85. The van der Waals surface area contributed by atoms with E-state index in [1.165, 1.54) is 32.6 Å². The first-order valence-electron chi connectivity index (χ1n) is 4.28. The Balaban J connectivity index is 1.91. The first-order valence-corrected chi connectivity index (χ1v) is 4.99. The molecule has 0 aliphatic carbocycles. The molecule has 4 heterocycles. The molecule has 0 aromatic heterocycles. The summed E-state index contributed by atoms with van der Waals surface area (Å²) in [5.74, 6) is 1.88. The van der Waals surface area contributed by atoms with Gasteiger partial charge in [-0.1, -0.05) is 0 Å². The Morgan fingerprint density at radius 2 is 1.36 bits per heavy atom. The predicted octanol–water partition coefficient (Wildman–Crippen LogP) is 0.696. The third-order valence-electron chi connectivity index (χ3n) is 3.01. The van der Waals surface area contributed by atoms with Gasteiger partial charge in [-0.05, 0) is 18.3 Å². The SMILES string of the molecule is BrN1N2CC3CC(C2)CN1C3. The lowest BCUT2D eigenvalue weighted by Crippen LogP contribution is -2.67. The number of rotatable bonds is 0. The molecule has 0 unspecified atom stereocenters. The molecule has 0 saturated carbocycles. The molecular weight excluding hydrogens is 206 g/mol. The second-order valence-corrected chi connectivity index (χ2v) is 4.59. The van der Waals surface area contributed by atoms with Gasteiger partial charge in [0.2, 0.25) is 0 Å². The largest absolute Gasteiger partial charge is 0.217 e. The molecule has 0 spiro atoms. The molecule has 4 aliphatic heterocycles. The molecule has 0 aromatic carbocycles.